The predicted molar refractivity (Wildman–Crippen MR) is 101 cm³/mol. The Morgan fingerprint density at radius 1 is 1.31 bits per heavy atom. The van der Waals surface area contributed by atoms with Crippen LogP contribution in [-0.2, 0) is 16.6 Å². The summed E-state index contributed by atoms with van der Waals surface area (Å²) in [7, 11) is 3.62. The van der Waals surface area contributed by atoms with Crippen LogP contribution in [0.4, 0.5) is 4.79 Å². The first-order valence-corrected chi connectivity index (χ1v) is 8.49. The number of carboxylic acids is 1. The maximum Gasteiger partial charge on any atom is 0.410 e. The van der Waals surface area contributed by atoms with E-state index in [1.165, 1.54) is 4.90 Å². The van der Waals surface area contributed by atoms with Crippen LogP contribution in [0.15, 0.2) is 42.6 Å². The highest BCUT2D eigenvalue weighted by Gasteiger charge is 2.27. The number of aryl methyl sites for hydroxylation is 1. The number of aliphatic carboxylic acids is 1. The Morgan fingerprint density at radius 2 is 1.96 bits per heavy atom. The smallest absolute Gasteiger partial charge is 0.410 e. The summed E-state index contributed by atoms with van der Waals surface area (Å²) in [4.78, 5) is 24.9. The molecule has 1 aromatic heterocycles. The Balaban J connectivity index is 2.43. The van der Waals surface area contributed by atoms with Crippen molar-refractivity contribution in [3.05, 3.63) is 48.2 Å². The zero-order valence-electron chi connectivity index (χ0n) is 15.9. The van der Waals surface area contributed by atoms with Gasteiger partial charge in [0.15, 0.2) is 0 Å². The van der Waals surface area contributed by atoms with Crippen LogP contribution in [0, 0.1) is 0 Å². The Kier molecular flexibility index (Phi) is 5.75. The minimum atomic E-state index is -1.01. The van der Waals surface area contributed by atoms with Crippen LogP contribution in [0.5, 0.6) is 0 Å². The van der Waals surface area contributed by atoms with Gasteiger partial charge in [-0.3, -0.25) is 0 Å². The molecule has 6 nitrogen and oxygen atoms in total. The molecule has 26 heavy (non-hydrogen) atoms. The normalized spacial score (nSPS) is 13.1. The van der Waals surface area contributed by atoms with Gasteiger partial charge in [0.1, 0.15) is 5.60 Å². The number of carbonyl (C=O) groups is 2. The summed E-state index contributed by atoms with van der Waals surface area (Å²) in [5.74, 6) is -1.01. The van der Waals surface area contributed by atoms with Gasteiger partial charge in [-0.1, -0.05) is 24.3 Å². The number of nitrogens with zero attached hydrogens (tertiary/aromatic N) is 2. The van der Waals surface area contributed by atoms with Gasteiger partial charge in [-0.25, -0.2) is 9.59 Å². The largest absolute Gasteiger partial charge is 0.478 e. The molecule has 140 valence electrons. The van der Waals surface area contributed by atoms with Crippen LogP contribution >= 0.6 is 0 Å². The number of carbonyl (C=O) groups excluding carboxylic acids is 1. The molecule has 2 aromatic rings. The van der Waals surface area contributed by atoms with E-state index in [-0.39, 0.29) is 6.04 Å². The van der Waals surface area contributed by atoms with E-state index >= 15 is 0 Å². The van der Waals surface area contributed by atoms with Crippen LogP contribution < -0.4 is 0 Å². The third-order valence-corrected chi connectivity index (χ3v) is 4.06. The molecule has 1 aromatic carbocycles. The van der Waals surface area contributed by atoms with Crippen LogP contribution in [0.3, 0.4) is 0 Å². The fraction of sp³-hybridized carbons (Fsp3) is 0.400. The number of para-hydroxylation sites is 1. The number of rotatable bonds is 5. The molecular formula is C20H26N2O4. The standard InChI is InChI=1S/C20H26N2O4/c1-20(2,3)26-19(25)22(5)17(11-8-12-18(23)24)15-13-21(4)16-10-7-6-9-14(15)16/h6-10,12-13,17H,11H2,1-5H3,(H,23,24). The van der Waals surface area contributed by atoms with E-state index in [0.717, 1.165) is 22.5 Å². The van der Waals surface area contributed by atoms with Gasteiger partial charge in [-0.2, -0.15) is 0 Å². The lowest BCUT2D eigenvalue weighted by atomic mass is 10.0. The highest BCUT2D eigenvalue weighted by molar-refractivity contribution is 5.85. The van der Waals surface area contributed by atoms with Gasteiger partial charge in [0.25, 0.3) is 0 Å². The number of amides is 1. The molecule has 0 aliphatic carbocycles. The number of hydrogen-bond acceptors (Lipinski definition) is 3. The minimum absolute atomic E-state index is 0.341. The predicted octanol–water partition coefficient (Wildman–Crippen LogP) is 4.12. The fourth-order valence-electron chi connectivity index (χ4n) is 2.89. The summed E-state index contributed by atoms with van der Waals surface area (Å²) in [5, 5.41) is 9.90. The number of fused-ring (bicyclic) bond motifs is 1. The molecule has 0 fully saturated rings. The summed E-state index contributed by atoms with van der Waals surface area (Å²) in [5.41, 5.74) is 1.39. The molecule has 0 bridgehead atoms. The molecule has 1 amide bonds. The molecule has 0 radical (unpaired) electrons. The van der Waals surface area contributed by atoms with E-state index in [1.807, 2.05) is 62.8 Å². The summed E-state index contributed by atoms with van der Waals surface area (Å²) in [6.07, 6.45) is 4.57. The van der Waals surface area contributed by atoms with Crippen LogP contribution in [-0.4, -0.2) is 39.3 Å². The average molecular weight is 358 g/mol. The highest BCUT2D eigenvalue weighted by Crippen LogP contribution is 2.32. The van der Waals surface area contributed by atoms with E-state index in [4.69, 9.17) is 9.84 Å². The lowest BCUT2D eigenvalue weighted by molar-refractivity contribution is -0.131. The van der Waals surface area contributed by atoms with Gasteiger partial charge in [-0.05, 0) is 33.3 Å². The molecule has 1 N–H and O–H groups in total. The van der Waals surface area contributed by atoms with Crippen LogP contribution in [0.25, 0.3) is 10.9 Å². The van der Waals surface area contributed by atoms with Crippen molar-refractivity contribution in [3.8, 4) is 0 Å². The molecule has 0 aliphatic heterocycles. The van der Waals surface area contributed by atoms with E-state index in [2.05, 4.69) is 0 Å². The Hall–Kier alpha value is -2.76. The minimum Gasteiger partial charge on any atom is -0.478 e. The second-order valence-electron chi connectivity index (χ2n) is 7.30. The summed E-state index contributed by atoms with van der Waals surface area (Å²) < 4.78 is 7.49. The Bertz CT molecular complexity index is 830. The van der Waals surface area contributed by atoms with E-state index in [0.29, 0.717) is 6.42 Å². The molecule has 0 saturated heterocycles. The number of hydrogen-bond donors (Lipinski definition) is 1. The first-order valence-electron chi connectivity index (χ1n) is 8.49. The van der Waals surface area contributed by atoms with Gasteiger partial charge in [0, 0.05) is 42.8 Å². The topological polar surface area (TPSA) is 71.8 Å². The SMILES string of the molecule is CN(C(=O)OC(C)(C)C)C(CC=CC(=O)O)c1cn(C)c2ccccc12. The van der Waals surface area contributed by atoms with Gasteiger partial charge >= 0.3 is 12.1 Å². The van der Waals surface area contributed by atoms with E-state index in [1.54, 1.807) is 13.1 Å². The third-order valence-electron chi connectivity index (χ3n) is 4.06. The van der Waals surface area contributed by atoms with Crippen LogP contribution in [0.1, 0.15) is 38.8 Å². The zero-order valence-corrected chi connectivity index (χ0v) is 15.9. The second kappa shape index (κ2) is 7.64. The zero-order chi connectivity index (χ0) is 19.5. The molecule has 0 spiro atoms. The Labute approximate surface area is 153 Å². The van der Waals surface area contributed by atoms with Crippen molar-refractivity contribution in [2.75, 3.05) is 7.05 Å². The summed E-state index contributed by atoms with van der Waals surface area (Å²) in [6, 6.07) is 7.58. The molecular weight excluding hydrogens is 332 g/mol. The van der Waals surface area contributed by atoms with Gasteiger partial charge < -0.3 is 19.3 Å². The number of ether oxygens (including phenoxy) is 1. The van der Waals surface area contributed by atoms with E-state index in [9.17, 15) is 9.59 Å². The first-order chi connectivity index (χ1) is 12.1. The molecule has 2 rings (SSSR count). The van der Waals surface area contributed by atoms with Gasteiger partial charge in [-0.15, -0.1) is 0 Å². The maximum absolute atomic E-state index is 12.6. The molecule has 0 saturated carbocycles. The van der Waals surface area contributed by atoms with Crippen molar-refractivity contribution < 1.29 is 19.4 Å². The lowest BCUT2D eigenvalue weighted by Gasteiger charge is -2.30. The second-order valence-corrected chi connectivity index (χ2v) is 7.30. The summed E-state index contributed by atoms with van der Waals surface area (Å²) in [6.45, 7) is 5.45. The van der Waals surface area contributed by atoms with Crippen molar-refractivity contribution in [2.45, 2.75) is 38.8 Å². The number of carboxylic acid groups (broad SMARTS) is 1. The maximum atomic E-state index is 12.6. The summed E-state index contributed by atoms with van der Waals surface area (Å²) >= 11 is 0. The third kappa shape index (κ3) is 4.65. The monoisotopic (exact) mass is 358 g/mol. The van der Waals surface area contributed by atoms with Gasteiger partial charge in [0.05, 0.1) is 6.04 Å². The molecule has 1 heterocycles. The van der Waals surface area contributed by atoms with Crippen LogP contribution in [0.2, 0.25) is 0 Å². The Morgan fingerprint density at radius 3 is 2.58 bits per heavy atom. The first kappa shape index (κ1) is 19.6. The van der Waals surface area contributed by atoms with E-state index < -0.39 is 17.7 Å². The molecule has 0 aliphatic rings. The van der Waals surface area contributed by atoms with Crippen molar-refractivity contribution in [2.24, 2.45) is 7.05 Å². The average Bonchev–Trinajstić information content (AvgIpc) is 2.86. The van der Waals surface area contributed by atoms with Crippen molar-refractivity contribution in [3.63, 3.8) is 0 Å². The van der Waals surface area contributed by atoms with Crippen molar-refractivity contribution in [1.82, 2.24) is 9.47 Å². The van der Waals surface area contributed by atoms with Crippen molar-refractivity contribution in [1.29, 1.82) is 0 Å². The highest BCUT2D eigenvalue weighted by atomic mass is 16.6. The molecule has 1 unspecified atom stereocenters. The molecule has 1 atom stereocenters. The lowest BCUT2D eigenvalue weighted by Crippen LogP contribution is -2.36. The van der Waals surface area contributed by atoms with Crippen molar-refractivity contribution >= 4 is 23.0 Å². The molecule has 6 heteroatoms. The fourth-order valence-corrected chi connectivity index (χ4v) is 2.89. The quantitative estimate of drug-likeness (QED) is 0.816. The van der Waals surface area contributed by atoms with Gasteiger partial charge in [0.2, 0.25) is 0 Å². The number of benzene rings is 1. The number of aromatic nitrogens is 1.